The van der Waals surface area contributed by atoms with Crippen LogP contribution in [-0.4, -0.2) is 41.4 Å². The lowest BCUT2D eigenvalue weighted by molar-refractivity contribution is -0.135. The fourth-order valence-electron chi connectivity index (χ4n) is 3.16. The Bertz CT molecular complexity index is 657. The summed E-state index contributed by atoms with van der Waals surface area (Å²) in [4.78, 5) is 37.7. The highest BCUT2D eigenvalue weighted by molar-refractivity contribution is 6.09. The normalized spacial score (nSPS) is 24.7. The highest BCUT2D eigenvalue weighted by Crippen LogP contribution is 2.42. The largest absolute Gasteiger partial charge is 0.354 e. The molecule has 6 nitrogen and oxygen atoms in total. The fraction of sp³-hybridized carbons (Fsp3) is 0.500. The number of hydrogen-bond acceptors (Lipinski definition) is 3. The van der Waals surface area contributed by atoms with Crippen LogP contribution in [-0.2, 0) is 9.59 Å². The van der Waals surface area contributed by atoms with Gasteiger partial charge in [0.1, 0.15) is 12.1 Å². The minimum absolute atomic E-state index is 0.162. The molecule has 1 saturated heterocycles. The molecule has 4 amide bonds. The predicted molar refractivity (Wildman–Crippen MR) is 89.2 cm³/mol. The summed E-state index contributed by atoms with van der Waals surface area (Å²) < 4.78 is 0. The minimum Gasteiger partial charge on any atom is -0.354 e. The fourth-order valence-corrected chi connectivity index (χ4v) is 3.16. The first-order chi connectivity index (χ1) is 11.4. The Morgan fingerprint density at radius 1 is 1.33 bits per heavy atom. The smallest absolute Gasteiger partial charge is 0.325 e. The van der Waals surface area contributed by atoms with Crippen molar-refractivity contribution in [1.82, 2.24) is 15.5 Å². The molecule has 2 unspecified atom stereocenters. The van der Waals surface area contributed by atoms with Crippen LogP contribution in [0.2, 0.25) is 0 Å². The highest BCUT2D eigenvalue weighted by Gasteiger charge is 2.56. The van der Waals surface area contributed by atoms with Gasteiger partial charge in [0, 0.05) is 6.54 Å². The third-order valence-electron chi connectivity index (χ3n) is 4.97. The van der Waals surface area contributed by atoms with Crippen LogP contribution in [0.15, 0.2) is 30.3 Å². The van der Waals surface area contributed by atoms with E-state index in [0.29, 0.717) is 6.54 Å². The van der Waals surface area contributed by atoms with Crippen molar-refractivity contribution < 1.29 is 14.4 Å². The molecule has 0 radical (unpaired) electrons. The third kappa shape index (κ3) is 3.13. The Morgan fingerprint density at radius 2 is 2.00 bits per heavy atom. The molecule has 3 rings (SSSR count). The van der Waals surface area contributed by atoms with Crippen molar-refractivity contribution in [1.29, 1.82) is 0 Å². The molecule has 6 heteroatoms. The van der Waals surface area contributed by atoms with Crippen molar-refractivity contribution >= 4 is 17.8 Å². The molecule has 0 aromatic heterocycles. The maximum Gasteiger partial charge on any atom is 0.325 e. The molecule has 1 heterocycles. The van der Waals surface area contributed by atoms with Gasteiger partial charge in [0.05, 0.1) is 0 Å². The molecule has 1 saturated carbocycles. The van der Waals surface area contributed by atoms with E-state index in [0.717, 1.165) is 23.3 Å². The summed E-state index contributed by atoms with van der Waals surface area (Å²) in [5.41, 5.74) is 0.295. The maximum absolute atomic E-state index is 12.5. The zero-order valence-corrected chi connectivity index (χ0v) is 14.0. The van der Waals surface area contributed by atoms with Gasteiger partial charge in [-0.1, -0.05) is 37.3 Å². The molecule has 24 heavy (non-hydrogen) atoms. The Labute approximate surface area is 141 Å². The van der Waals surface area contributed by atoms with Crippen LogP contribution in [0.5, 0.6) is 0 Å². The average Bonchev–Trinajstić information content (AvgIpc) is 3.40. The summed E-state index contributed by atoms with van der Waals surface area (Å²) in [6.07, 6.45) is 1.88. The number of carbonyl (C=O) groups excluding carboxylic acids is 3. The first kappa shape index (κ1) is 16.5. The van der Waals surface area contributed by atoms with Crippen LogP contribution in [0.25, 0.3) is 0 Å². The van der Waals surface area contributed by atoms with Crippen molar-refractivity contribution in [2.45, 2.75) is 38.1 Å². The van der Waals surface area contributed by atoms with E-state index in [1.54, 1.807) is 6.92 Å². The molecule has 0 spiro atoms. The number of urea groups is 1. The molecule has 1 aliphatic heterocycles. The van der Waals surface area contributed by atoms with E-state index in [-0.39, 0.29) is 30.2 Å². The molecular weight excluding hydrogens is 306 g/mol. The summed E-state index contributed by atoms with van der Waals surface area (Å²) in [6.45, 7) is 4.01. The SMILES string of the molecule is CC(CNC(=O)CN1C(=O)NC(C)(C2CC2)C1=O)c1ccccc1. The van der Waals surface area contributed by atoms with Gasteiger partial charge in [-0.05, 0) is 37.2 Å². The first-order valence-corrected chi connectivity index (χ1v) is 8.37. The average molecular weight is 329 g/mol. The number of rotatable bonds is 6. The lowest BCUT2D eigenvalue weighted by Gasteiger charge is -2.21. The van der Waals surface area contributed by atoms with Crippen molar-refractivity contribution in [3.8, 4) is 0 Å². The number of imide groups is 1. The van der Waals surface area contributed by atoms with E-state index in [4.69, 9.17) is 0 Å². The molecule has 1 aromatic rings. The topological polar surface area (TPSA) is 78.5 Å². The van der Waals surface area contributed by atoms with E-state index < -0.39 is 11.6 Å². The quantitative estimate of drug-likeness (QED) is 0.779. The summed E-state index contributed by atoms with van der Waals surface area (Å²) in [5, 5.41) is 5.55. The number of benzene rings is 1. The molecule has 2 fully saturated rings. The second kappa shape index (κ2) is 6.26. The summed E-state index contributed by atoms with van der Waals surface area (Å²) in [6, 6.07) is 9.41. The summed E-state index contributed by atoms with van der Waals surface area (Å²) >= 11 is 0. The Balaban J connectivity index is 1.53. The van der Waals surface area contributed by atoms with E-state index >= 15 is 0 Å². The van der Waals surface area contributed by atoms with Gasteiger partial charge in [-0.15, -0.1) is 0 Å². The highest BCUT2D eigenvalue weighted by atomic mass is 16.2. The lowest BCUT2D eigenvalue weighted by atomic mass is 9.96. The summed E-state index contributed by atoms with van der Waals surface area (Å²) in [5.74, 6) is -0.252. The van der Waals surface area contributed by atoms with Crippen molar-refractivity contribution in [3.63, 3.8) is 0 Å². The molecule has 1 aromatic carbocycles. The lowest BCUT2D eigenvalue weighted by Crippen LogP contribution is -2.47. The number of amides is 4. The Morgan fingerprint density at radius 3 is 2.62 bits per heavy atom. The number of nitrogens with one attached hydrogen (secondary N) is 2. The number of hydrogen-bond donors (Lipinski definition) is 2. The Hall–Kier alpha value is -2.37. The zero-order valence-electron chi connectivity index (χ0n) is 14.0. The van der Waals surface area contributed by atoms with Gasteiger partial charge in [0.2, 0.25) is 5.91 Å². The maximum atomic E-state index is 12.5. The second-order valence-electron chi connectivity index (χ2n) is 6.91. The van der Waals surface area contributed by atoms with E-state index in [1.165, 1.54) is 0 Å². The van der Waals surface area contributed by atoms with E-state index in [1.807, 2.05) is 37.3 Å². The van der Waals surface area contributed by atoms with Gasteiger partial charge in [-0.2, -0.15) is 0 Å². The van der Waals surface area contributed by atoms with Gasteiger partial charge < -0.3 is 10.6 Å². The molecule has 2 atom stereocenters. The van der Waals surface area contributed by atoms with Crippen molar-refractivity contribution in [2.75, 3.05) is 13.1 Å². The van der Waals surface area contributed by atoms with Crippen LogP contribution in [0.4, 0.5) is 4.79 Å². The van der Waals surface area contributed by atoms with E-state index in [2.05, 4.69) is 10.6 Å². The molecule has 1 aliphatic carbocycles. The minimum atomic E-state index is -0.839. The molecular formula is C18H23N3O3. The third-order valence-corrected chi connectivity index (χ3v) is 4.97. The van der Waals surface area contributed by atoms with Gasteiger partial charge >= 0.3 is 6.03 Å². The van der Waals surface area contributed by atoms with Gasteiger partial charge in [-0.3, -0.25) is 14.5 Å². The molecule has 2 aliphatic rings. The Kier molecular flexibility index (Phi) is 4.30. The summed E-state index contributed by atoms with van der Waals surface area (Å²) in [7, 11) is 0. The van der Waals surface area contributed by atoms with Crippen LogP contribution in [0.3, 0.4) is 0 Å². The van der Waals surface area contributed by atoms with Gasteiger partial charge in [-0.25, -0.2) is 4.79 Å². The zero-order chi connectivity index (χ0) is 17.3. The second-order valence-corrected chi connectivity index (χ2v) is 6.91. The van der Waals surface area contributed by atoms with Gasteiger partial charge in [0.15, 0.2) is 0 Å². The van der Waals surface area contributed by atoms with E-state index in [9.17, 15) is 14.4 Å². The van der Waals surface area contributed by atoms with Crippen LogP contribution in [0.1, 0.15) is 38.2 Å². The van der Waals surface area contributed by atoms with Crippen LogP contribution < -0.4 is 10.6 Å². The monoisotopic (exact) mass is 329 g/mol. The van der Waals surface area contributed by atoms with Crippen molar-refractivity contribution in [3.05, 3.63) is 35.9 Å². The molecule has 2 N–H and O–H groups in total. The number of nitrogens with zero attached hydrogens (tertiary/aromatic N) is 1. The first-order valence-electron chi connectivity index (χ1n) is 8.37. The van der Waals surface area contributed by atoms with Gasteiger partial charge in [0.25, 0.3) is 5.91 Å². The molecule has 0 bridgehead atoms. The predicted octanol–water partition coefficient (Wildman–Crippen LogP) is 1.63. The van der Waals surface area contributed by atoms with Crippen molar-refractivity contribution in [2.24, 2.45) is 5.92 Å². The standard InChI is InChI=1S/C18H23N3O3/c1-12(13-6-4-3-5-7-13)10-19-15(22)11-21-16(23)18(2,14-8-9-14)20-17(21)24/h3-7,12,14H,8-11H2,1-2H3,(H,19,22)(H,20,24). The number of carbonyl (C=O) groups is 3. The molecule has 128 valence electrons. The van der Waals surface area contributed by atoms with Crippen LogP contribution in [0, 0.1) is 5.92 Å². The van der Waals surface area contributed by atoms with Crippen LogP contribution >= 0.6 is 0 Å².